The van der Waals surface area contributed by atoms with Crippen molar-refractivity contribution in [1.29, 1.82) is 0 Å². The van der Waals surface area contributed by atoms with Crippen molar-refractivity contribution in [2.75, 3.05) is 19.6 Å². The first-order valence-electron chi connectivity index (χ1n) is 10.1. The van der Waals surface area contributed by atoms with Crippen LogP contribution in [0.25, 0.3) is 10.9 Å². The highest BCUT2D eigenvalue weighted by Crippen LogP contribution is 2.29. The van der Waals surface area contributed by atoms with E-state index >= 15 is 0 Å². The number of primary amides is 1. The molecule has 5 nitrogen and oxygen atoms in total. The second kappa shape index (κ2) is 8.47. The Balaban J connectivity index is 1.78. The molecule has 3 aromatic rings. The summed E-state index contributed by atoms with van der Waals surface area (Å²) in [7, 11) is 0. The normalized spacial score (nSPS) is 15.2. The maximum atomic E-state index is 11.9. The molecule has 1 aliphatic rings. The predicted octanol–water partition coefficient (Wildman–Crippen LogP) is 3.98. The Morgan fingerprint density at radius 1 is 1.21 bits per heavy atom. The number of aromatic nitrogens is 2. The van der Waals surface area contributed by atoms with Gasteiger partial charge in [-0.2, -0.15) is 0 Å². The van der Waals surface area contributed by atoms with E-state index in [1.165, 1.54) is 12.0 Å². The number of carbonyl (C=O) groups is 1. The summed E-state index contributed by atoms with van der Waals surface area (Å²) < 4.78 is 0. The van der Waals surface area contributed by atoms with E-state index in [9.17, 15) is 4.79 Å². The topological polar surface area (TPSA) is 72.1 Å². The van der Waals surface area contributed by atoms with E-state index in [0.717, 1.165) is 48.0 Å². The van der Waals surface area contributed by atoms with Crippen LogP contribution in [-0.4, -0.2) is 40.4 Å². The van der Waals surface area contributed by atoms with E-state index < -0.39 is 5.91 Å². The summed E-state index contributed by atoms with van der Waals surface area (Å²) >= 11 is 6.28. The number of benzene rings is 2. The zero-order valence-corrected chi connectivity index (χ0v) is 17.3. The van der Waals surface area contributed by atoms with Crippen LogP contribution >= 0.6 is 11.6 Å². The first kappa shape index (κ1) is 19.8. The fourth-order valence-electron chi connectivity index (χ4n) is 3.94. The molecule has 0 spiro atoms. The van der Waals surface area contributed by atoms with E-state index in [2.05, 4.69) is 16.0 Å². The van der Waals surface area contributed by atoms with Gasteiger partial charge in [0.05, 0.1) is 16.8 Å². The van der Waals surface area contributed by atoms with Crippen LogP contribution in [0.15, 0.2) is 42.5 Å². The summed E-state index contributed by atoms with van der Waals surface area (Å²) in [6.45, 7) is 5.25. The van der Waals surface area contributed by atoms with Gasteiger partial charge in [-0.15, -0.1) is 0 Å². The molecule has 6 heteroatoms. The lowest BCUT2D eigenvalue weighted by atomic mass is 9.91. The lowest BCUT2D eigenvalue weighted by Gasteiger charge is -2.34. The molecule has 0 radical (unpaired) electrons. The molecule has 1 fully saturated rings. The van der Waals surface area contributed by atoms with Crippen molar-refractivity contribution >= 4 is 28.4 Å². The van der Waals surface area contributed by atoms with Crippen molar-refractivity contribution in [3.8, 4) is 0 Å². The smallest absolute Gasteiger partial charge is 0.250 e. The highest BCUT2D eigenvalue weighted by Gasteiger charge is 2.23. The maximum Gasteiger partial charge on any atom is 0.250 e. The number of amides is 1. The van der Waals surface area contributed by atoms with Crippen molar-refractivity contribution in [3.63, 3.8) is 0 Å². The first-order chi connectivity index (χ1) is 14.0. The van der Waals surface area contributed by atoms with Gasteiger partial charge >= 0.3 is 0 Å². The summed E-state index contributed by atoms with van der Waals surface area (Å²) in [4.78, 5) is 23.9. The van der Waals surface area contributed by atoms with Crippen LogP contribution in [0.3, 0.4) is 0 Å². The highest BCUT2D eigenvalue weighted by atomic mass is 35.5. The number of hydrogen-bond donors (Lipinski definition) is 1. The lowest BCUT2D eigenvalue weighted by molar-refractivity contribution is 0.100. The molecular formula is C23H25ClN4O. The number of aryl methyl sites for hydroxylation is 1. The van der Waals surface area contributed by atoms with Crippen LogP contribution in [0, 0.1) is 0 Å². The van der Waals surface area contributed by atoms with Gasteiger partial charge in [-0.25, -0.2) is 9.97 Å². The van der Waals surface area contributed by atoms with Gasteiger partial charge < -0.3 is 10.6 Å². The average molecular weight is 409 g/mol. The number of nitrogens with zero attached hydrogens (tertiary/aromatic N) is 3. The third-order valence-corrected chi connectivity index (χ3v) is 5.86. The number of para-hydroxylation sites is 1. The zero-order chi connectivity index (χ0) is 20.4. The first-order valence-corrected chi connectivity index (χ1v) is 10.5. The minimum atomic E-state index is -0.464. The van der Waals surface area contributed by atoms with E-state index in [1.54, 1.807) is 6.07 Å². The third-order valence-electron chi connectivity index (χ3n) is 5.62. The number of fused-ring (bicyclic) bond motifs is 1. The Bertz CT molecular complexity index is 1050. The molecular weight excluding hydrogens is 384 g/mol. The van der Waals surface area contributed by atoms with Gasteiger partial charge in [-0.05, 0) is 49.7 Å². The fourth-order valence-corrected chi connectivity index (χ4v) is 4.14. The summed E-state index contributed by atoms with van der Waals surface area (Å²) in [5.41, 5.74) is 8.86. The molecule has 2 aromatic carbocycles. The van der Waals surface area contributed by atoms with Gasteiger partial charge in [0.25, 0.3) is 5.91 Å². The molecule has 1 saturated heterocycles. The lowest BCUT2D eigenvalue weighted by Crippen LogP contribution is -2.40. The number of rotatable bonds is 7. The summed E-state index contributed by atoms with van der Waals surface area (Å²) in [6, 6.07) is 13.7. The molecule has 150 valence electrons. The summed E-state index contributed by atoms with van der Waals surface area (Å²) in [5.74, 6) is 0.526. The average Bonchev–Trinajstić information content (AvgIpc) is 2.68. The molecule has 1 amide bonds. The molecule has 1 atom stereocenters. The van der Waals surface area contributed by atoms with Gasteiger partial charge in [0, 0.05) is 29.3 Å². The van der Waals surface area contributed by atoms with Crippen LogP contribution in [0.5, 0.6) is 0 Å². The number of carbonyl (C=O) groups excluding carboxylic acids is 1. The molecule has 29 heavy (non-hydrogen) atoms. The van der Waals surface area contributed by atoms with Crippen LogP contribution in [0.4, 0.5) is 0 Å². The van der Waals surface area contributed by atoms with E-state index in [4.69, 9.17) is 22.3 Å². The Kier molecular flexibility index (Phi) is 5.79. The van der Waals surface area contributed by atoms with Gasteiger partial charge in [-0.1, -0.05) is 42.8 Å². The molecule has 0 aliphatic carbocycles. The Morgan fingerprint density at radius 3 is 2.66 bits per heavy atom. The van der Waals surface area contributed by atoms with Gasteiger partial charge in [0.2, 0.25) is 0 Å². The van der Waals surface area contributed by atoms with Crippen molar-refractivity contribution in [2.45, 2.75) is 32.1 Å². The highest BCUT2D eigenvalue weighted by molar-refractivity contribution is 6.30. The summed E-state index contributed by atoms with van der Waals surface area (Å²) in [5, 5.41) is 1.64. The van der Waals surface area contributed by atoms with E-state index in [0.29, 0.717) is 17.5 Å². The van der Waals surface area contributed by atoms with Gasteiger partial charge in [0.15, 0.2) is 0 Å². The Labute approximate surface area is 175 Å². The monoisotopic (exact) mass is 408 g/mol. The minimum absolute atomic E-state index is 0.258. The SMILES string of the molecule is CCc1nc(C[C@H](CN2CCC2)c2cccc(Cl)c2)c2cccc(C(N)=O)c2n1. The molecule has 0 unspecified atom stereocenters. The van der Waals surface area contributed by atoms with Crippen molar-refractivity contribution in [3.05, 3.63) is 70.1 Å². The molecule has 1 aliphatic heterocycles. The van der Waals surface area contributed by atoms with Gasteiger partial charge in [0.1, 0.15) is 5.82 Å². The second-order valence-corrected chi connectivity index (χ2v) is 8.05. The number of halogens is 1. The van der Waals surface area contributed by atoms with E-state index in [-0.39, 0.29) is 5.92 Å². The quantitative estimate of drug-likeness (QED) is 0.641. The maximum absolute atomic E-state index is 11.9. The minimum Gasteiger partial charge on any atom is -0.366 e. The zero-order valence-electron chi connectivity index (χ0n) is 16.6. The number of nitrogens with two attached hydrogens (primary N) is 1. The predicted molar refractivity (Wildman–Crippen MR) is 116 cm³/mol. The van der Waals surface area contributed by atoms with Crippen molar-refractivity contribution < 1.29 is 4.79 Å². The van der Waals surface area contributed by atoms with Crippen molar-refractivity contribution in [2.24, 2.45) is 5.73 Å². The largest absolute Gasteiger partial charge is 0.366 e. The molecule has 1 aromatic heterocycles. The molecule has 4 rings (SSSR count). The molecule has 0 saturated carbocycles. The summed E-state index contributed by atoms with van der Waals surface area (Å²) in [6.07, 6.45) is 2.70. The van der Waals surface area contributed by atoms with Crippen LogP contribution in [0.1, 0.15) is 46.7 Å². The standard InChI is InChI=1S/C23H25ClN4O/c1-2-21-26-20(18-8-4-9-19(23(25)29)22(18)27-21)13-16(14-28-10-5-11-28)15-6-3-7-17(24)12-15/h3-4,6-9,12,16H,2,5,10-11,13-14H2,1H3,(H2,25,29)/t16-/m1/s1. The Morgan fingerprint density at radius 2 is 2.00 bits per heavy atom. The number of likely N-dealkylation sites (tertiary alicyclic amines) is 1. The van der Waals surface area contributed by atoms with Crippen LogP contribution < -0.4 is 5.73 Å². The van der Waals surface area contributed by atoms with E-state index in [1.807, 2.05) is 37.3 Å². The van der Waals surface area contributed by atoms with Crippen LogP contribution in [-0.2, 0) is 12.8 Å². The molecule has 2 N–H and O–H groups in total. The second-order valence-electron chi connectivity index (χ2n) is 7.62. The molecule has 0 bridgehead atoms. The Hall–Kier alpha value is -2.50. The fraction of sp³-hybridized carbons (Fsp3) is 0.348. The van der Waals surface area contributed by atoms with Crippen LogP contribution in [0.2, 0.25) is 5.02 Å². The number of hydrogen-bond acceptors (Lipinski definition) is 4. The molecule has 2 heterocycles. The van der Waals surface area contributed by atoms with Crippen molar-refractivity contribution in [1.82, 2.24) is 14.9 Å². The van der Waals surface area contributed by atoms with Gasteiger partial charge in [-0.3, -0.25) is 4.79 Å². The third kappa shape index (κ3) is 4.26.